The number of sulfone groups is 1. The Morgan fingerprint density at radius 1 is 1.23 bits per heavy atom. The zero-order chi connectivity index (χ0) is 28.3. The van der Waals surface area contributed by atoms with Gasteiger partial charge in [0.2, 0.25) is 14.2 Å². The average Bonchev–Trinajstić information content (AvgIpc) is 3.36. The number of hydrogen-bond donors (Lipinski definition) is 3. The van der Waals surface area contributed by atoms with E-state index in [0.717, 1.165) is 17.8 Å². The molecule has 0 spiro atoms. The summed E-state index contributed by atoms with van der Waals surface area (Å²) in [5.74, 6) is 1.08. The summed E-state index contributed by atoms with van der Waals surface area (Å²) in [6, 6.07) is 8.65. The first-order valence-corrected chi connectivity index (χ1v) is 15.8. The van der Waals surface area contributed by atoms with Gasteiger partial charge in [-0.1, -0.05) is 0 Å². The highest BCUT2D eigenvalue weighted by atomic mass is 32.2. The number of morpholine rings is 1. The number of hydrogen-bond acceptors (Lipinski definition) is 10. The second-order valence-corrected chi connectivity index (χ2v) is 13.5. The number of ether oxygens (including phenoxy) is 1. The highest BCUT2D eigenvalue weighted by Crippen LogP contribution is 2.51. The molecule has 2 aromatic heterocycles. The summed E-state index contributed by atoms with van der Waals surface area (Å²) >= 11 is 1.15. The first kappa shape index (κ1) is 28.4. The summed E-state index contributed by atoms with van der Waals surface area (Å²) in [5, 5.41) is 16.1. The van der Waals surface area contributed by atoms with Crippen molar-refractivity contribution in [2.45, 2.75) is 54.7 Å². The van der Waals surface area contributed by atoms with E-state index in [0.29, 0.717) is 79.8 Å². The van der Waals surface area contributed by atoms with Crippen LogP contribution in [0, 0.1) is 6.92 Å². The van der Waals surface area contributed by atoms with Crippen LogP contribution in [0.2, 0.25) is 0 Å². The van der Waals surface area contributed by atoms with E-state index >= 15 is 0 Å². The van der Waals surface area contributed by atoms with Crippen molar-refractivity contribution in [3.8, 4) is 11.4 Å². The van der Waals surface area contributed by atoms with Crippen molar-refractivity contribution in [3.05, 3.63) is 47.1 Å². The van der Waals surface area contributed by atoms with Gasteiger partial charge in [-0.2, -0.15) is 0 Å². The molecule has 2 aliphatic rings. The van der Waals surface area contributed by atoms with Crippen molar-refractivity contribution < 1.29 is 23.1 Å². The Bertz CT molecular complexity index is 1460. The number of amides is 2. The van der Waals surface area contributed by atoms with Crippen LogP contribution in [0.1, 0.15) is 44.0 Å². The number of anilines is 2. The number of nitrogens with zero attached hydrogens (tertiary/aromatic N) is 4. The number of carbonyl (C=O) groups is 1. The van der Waals surface area contributed by atoms with Crippen LogP contribution in [-0.2, 0) is 19.3 Å². The number of nitrogens with one attached hydrogen (secondary N) is 2. The third kappa shape index (κ3) is 5.55. The van der Waals surface area contributed by atoms with Gasteiger partial charge < -0.3 is 25.4 Å². The normalized spacial score (nSPS) is 18.7. The van der Waals surface area contributed by atoms with Crippen LogP contribution in [0.25, 0.3) is 11.4 Å². The molecular weight excluding hydrogens is 552 g/mol. The third-order valence-corrected chi connectivity index (χ3v) is 11.3. The van der Waals surface area contributed by atoms with Crippen LogP contribution in [0.15, 0.2) is 40.1 Å². The molecule has 1 saturated carbocycles. The molecule has 13 heteroatoms. The van der Waals surface area contributed by atoms with Gasteiger partial charge >= 0.3 is 6.03 Å². The first-order valence-electron chi connectivity index (χ1n) is 13.4. The molecule has 0 radical (unpaired) electrons. The van der Waals surface area contributed by atoms with E-state index in [4.69, 9.17) is 19.8 Å². The number of aliphatic hydroxyl groups excluding tert-OH is 1. The molecule has 1 aromatic carbocycles. The Balaban J connectivity index is 1.52. The molecule has 3 aromatic rings. The van der Waals surface area contributed by atoms with E-state index in [1.165, 1.54) is 0 Å². The Kier molecular flexibility index (Phi) is 8.36. The van der Waals surface area contributed by atoms with Crippen LogP contribution in [0.3, 0.4) is 0 Å². The Morgan fingerprint density at radius 3 is 2.62 bits per heavy atom. The van der Waals surface area contributed by atoms with Gasteiger partial charge in [0.05, 0.1) is 24.9 Å². The van der Waals surface area contributed by atoms with Crippen molar-refractivity contribution in [1.82, 2.24) is 20.3 Å². The SMILES string of the molecule is Cc1csc(S(=O)(=O)C2(c3cc(N4CCOC[C@@H]4C)nc(-c4ccc(NC(=O)NCCCO)cc4)n3)CCC2)n1. The molecule has 0 unspecified atom stereocenters. The van der Waals surface area contributed by atoms with E-state index in [1.807, 2.05) is 6.07 Å². The van der Waals surface area contributed by atoms with Gasteiger partial charge in [0.25, 0.3) is 0 Å². The van der Waals surface area contributed by atoms with E-state index in [-0.39, 0.29) is 23.0 Å². The van der Waals surface area contributed by atoms with Crippen molar-refractivity contribution in [2.75, 3.05) is 43.1 Å². The lowest BCUT2D eigenvalue weighted by Gasteiger charge is -2.41. The highest BCUT2D eigenvalue weighted by molar-refractivity contribution is 7.94. The molecule has 3 heterocycles. The van der Waals surface area contributed by atoms with Crippen molar-refractivity contribution in [2.24, 2.45) is 0 Å². The lowest BCUT2D eigenvalue weighted by atomic mass is 9.81. The maximum Gasteiger partial charge on any atom is 0.319 e. The van der Waals surface area contributed by atoms with Gasteiger partial charge in [-0.15, -0.1) is 11.3 Å². The van der Waals surface area contributed by atoms with Crippen LogP contribution in [0.4, 0.5) is 16.3 Å². The predicted molar refractivity (Wildman–Crippen MR) is 153 cm³/mol. The summed E-state index contributed by atoms with van der Waals surface area (Å²) in [5.41, 5.74) is 2.45. The Morgan fingerprint density at radius 2 is 2.00 bits per heavy atom. The van der Waals surface area contributed by atoms with Crippen LogP contribution in [0.5, 0.6) is 0 Å². The number of thiazole rings is 1. The second-order valence-electron chi connectivity index (χ2n) is 10.2. The van der Waals surface area contributed by atoms with E-state index in [2.05, 4.69) is 27.4 Å². The summed E-state index contributed by atoms with van der Waals surface area (Å²) in [4.78, 5) is 28.3. The number of rotatable bonds is 9. The number of aromatic nitrogens is 3. The van der Waals surface area contributed by atoms with Crippen molar-refractivity contribution >= 4 is 38.7 Å². The van der Waals surface area contributed by atoms with Gasteiger partial charge in [-0.25, -0.2) is 28.2 Å². The number of carbonyl (C=O) groups excluding carboxylic acids is 1. The van der Waals surface area contributed by atoms with Crippen LogP contribution < -0.4 is 15.5 Å². The molecule has 0 bridgehead atoms. The molecule has 1 atom stereocenters. The molecule has 1 saturated heterocycles. The first-order chi connectivity index (χ1) is 19.2. The Hall–Kier alpha value is -3.13. The van der Waals surface area contributed by atoms with E-state index in [1.54, 1.807) is 36.6 Å². The lowest BCUT2D eigenvalue weighted by Crippen LogP contribution is -2.46. The predicted octanol–water partition coefficient (Wildman–Crippen LogP) is 3.49. The lowest BCUT2D eigenvalue weighted by molar-refractivity contribution is 0.0985. The minimum atomic E-state index is -3.78. The zero-order valence-electron chi connectivity index (χ0n) is 22.6. The second kappa shape index (κ2) is 11.8. The molecule has 1 aliphatic carbocycles. The van der Waals surface area contributed by atoms with E-state index in [9.17, 15) is 13.2 Å². The monoisotopic (exact) mass is 586 g/mol. The quantitative estimate of drug-likeness (QED) is 0.321. The molecule has 11 nitrogen and oxygen atoms in total. The van der Waals surface area contributed by atoms with Crippen molar-refractivity contribution in [3.63, 3.8) is 0 Å². The maximum atomic E-state index is 14.0. The average molecular weight is 587 g/mol. The van der Waals surface area contributed by atoms with Gasteiger partial charge in [-0.05, 0) is 63.8 Å². The topological polar surface area (TPSA) is 147 Å². The number of urea groups is 1. The van der Waals surface area contributed by atoms with Gasteiger partial charge in [0, 0.05) is 48.1 Å². The van der Waals surface area contributed by atoms with Crippen molar-refractivity contribution in [1.29, 1.82) is 0 Å². The molecule has 3 N–H and O–H groups in total. The fraction of sp³-hybridized carbons (Fsp3) is 0.481. The summed E-state index contributed by atoms with van der Waals surface area (Å²) in [6.07, 6.45) is 2.20. The van der Waals surface area contributed by atoms with Gasteiger partial charge in [0.1, 0.15) is 10.6 Å². The molecule has 2 amide bonds. The summed E-state index contributed by atoms with van der Waals surface area (Å²) in [7, 11) is -3.78. The highest BCUT2D eigenvalue weighted by Gasteiger charge is 2.54. The van der Waals surface area contributed by atoms with E-state index < -0.39 is 14.6 Å². The smallest absolute Gasteiger partial charge is 0.319 e. The van der Waals surface area contributed by atoms with Crippen LogP contribution >= 0.6 is 11.3 Å². The fourth-order valence-corrected chi connectivity index (χ4v) is 8.41. The minimum absolute atomic E-state index is 0.00528. The molecule has 1 aliphatic heterocycles. The summed E-state index contributed by atoms with van der Waals surface area (Å²) in [6.45, 7) is 5.97. The zero-order valence-corrected chi connectivity index (χ0v) is 24.2. The third-order valence-electron chi connectivity index (χ3n) is 7.37. The largest absolute Gasteiger partial charge is 0.396 e. The maximum absolute atomic E-state index is 14.0. The number of aliphatic hydroxyl groups is 1. The Labute approximate surface area is 237 Å². The standard InChI is InChI=1S/C27H34N6O5S2/c1-18-17-39-26(29-18)40(36,37)27(9-3-10-27)22-15-23(33-12-14-38-16-19(33)2)32-24(31-22)20-5-7-21(8-6-20)30-25(35)28-11-4-13-34/h5-8,15,17,19,34H,3-4,9-14,16H2,1-2H3,(H2,28,30,35)/t19-/m0/s1. The minimum Gasteiger partial charge on any atom is -0.396 e. The number of aryl methyl sites for hydroxylation is 1. The molecule has 5 rings (SSSR count). The molecule has 40 heavy (non-hydrogen) atoms. The molecule has 214 valence electrons. The van der Waals surface area contributed by atoms with Crippen LogP contribution in [-0.4, -0.2) is 73.5 Å². The molecule has 2 fully saturated rings. The summed E-state index contributed by atoms with van der Waals surface area (Å²) < 4.78 is 32.6. The molecular formula is C27H34N6O5S2. The van der Waals surface area contributed by atoms with Gasteiger partial charge in [-0.3, -0.25) is 0 Å². The number of benzene rings is 1. The fourth-order valence-electron chi connectivity index (χ4n) is 4.95. The van der Waals surface area contributed by atoms with Gasteiger partial charge in [0.15, 0.2) is 5.82 Å².